The molecule has 1 atom stereocenters. The first-order chi connectivity index (χ1) is 10.7. The SMILES string of the molecule is CCC(C)N(CC(=O)Nc1ccc(C(=O)OC)cc1)S(C)(=O)=O. The van der Waals surface area contributed by atoms with E-state index in [2.05, 4.69) is 10.1 Å². The van der Waals surface area contributed by atoms with Crippen molar-refractivity contribution >= 4 is 27.6 Å². The van der Waals surface area contributed by atoms with Crippen molar-refractivity contribution in [1.29, 1.82) is 0 Å². The zero-order chi connectivity index (χ0) is 17.6. The van der Waals surface area contributed by atoms with Gasteiger partial charge in [0, 0.05) is 11.7 Å². The Labute approximate surface area is 136 Å². The van der Waals surface area contributed by atoms with E-state index in [1.54, 1.807) is 19.1 Å². The van der Waals surface area contributed by atoms with Crippen molar-refractivity contribution in [3.05, 3.63) is 29.8 Å². The lowest BCUT2D eigenvalue weighted by molar-refractivity contribution is -0.116. The van der Waals surface area contributed by atoms with Gasteiger partial charge in [0.15, 0.2) is 0 Å². The number of rotatable bonds is 7. The minimum atomic E-state index is -3.47. The molecule has 0 aromatic heterocycles. The second-order valence-electron chi connectivity index (χ2n) is 5.18. The van der Waals surface area contributed by atoms with E-state index in [-0.39, 0.29) is 12.6 Å². The summed E-state index contributed by atoms with van der Waals surface area (Å²) in [7, 11) is -2.19. The molecule has 0 aliphatic carbocycles. The third-order valence-electron chi connectivity index (χ3n) is 3.40. The van der Waals surface area contributed by atoms with E-state index in [0.29, 0.717) is 17.7 Å². The fourth-order valence-electron chi connectivity index (χ4n) is 1.95. The van der Waals surface area contributed by atoms with Crippen LogP contribution in [0.3, 0.4) is 0 Å². The number of anilines is 1. The Kier molecular flexibility index (Phi) is 6.71. The fourth-order valence-corrected chi connectivity index (χ4v) is 3.11. The van der Waals surface area contributed by atoms with Gasteiger partial charge in [0.2, 0.25) is 15.9 Å². The lowest BCUT2D eigenvalue weighted by Crippen LogP contribution is -2.42. The Balaban J connectivity index is 2.77. The maximum atomic E-state index is 12.1. The average molecular weight is 342 g/mol. The second kappa shape index (κ2) is 8.07. The molecule has 0 aliphatic heterocycles. The summed E-state index contributed by atoms with van der Waals surface area (Å²) in [6.45, 7) is 3.35. The molecule has 1 unspecified atom stereocenters. The Morgan fingerprint density at radius 1 is 1.26 bits per heavy atom. The zero-order valence-electron chi connectivity index (χ0n) is 13.7. The Morgan fingerprint density at radius 2 is 1.83 bits per heavy atom. The monoisotopic (exact) mass is 342 g/mol. The molecular weight excluding hydrogens is 320 g/mol. The highest BCUT2D eigenvalue weighted by Gasteiger charge is 2.24. The van der Waals surface area contributed by atoms with Gasteiger partial charge in [0.05, 0.1) is 25.5 Å². The zero-order valence-corrected chi connectivity index (χ0v) is 14.5. The number of ether oxygens (including phenoxy) is 1. The number of benzene rings is 1. The number of nitrogens with zero attached hydrogens (tertiary/aromatic N) is 1. The van der Waals surface area contributed by atoms with Gasteiger partial charge in [-0.1, -0.05) is 6.92 Å². The highest BCUT2D eigenvalue weighted by Crippen LogP contribution is 2.12. The van der Waals surface area contributed by atoms with Gasteiger partial charge in [-0.3, -0.25) is 4.79 Å². The summed E-state index contributed by atoms with van der Waals surface area (Å²) in [4.78, 5) is 23.4. The maximum absolute atomic E-state index is 12.1. The summed E-state index contributed by atoms with van der Waals surface area (Å²) in [6.07, 6.45) is 1.69. The van der Waals surface area contributed by atoms with Crippen LogP contribution in [-0.2, 0) is 19.6 Å². The van der Waals surface area contributed by atoms with Crippen LogP contribution in [0.2, 0.25) is 0 Å². The quantitative estimate of drug-likeness (QED) is 0.758. The van der Waals surface area contributed by atoms with E-state index >= 15 is 0 Å². The van der Waals surface area contributed by atoms with Crippen LogP contribution in [0.1, 0.15) is 30.6 Å². The predicted octanol–water partition coefficient (Wildman–Crippen LogP) is 1.47. The fraction of sp³-hybridized carbons (Fsp3) is 0.467. The number of hydrogen-bond donors (Lipinski definition) is 1. The smallest absolute Gasteiger partial charge is 0.337 e. The predicted molar refractivity (Wildman–Crippen MR) is 87.7 cm³/mol. The van der Waals surface area contributed by atoms with Gasteiger partial charge in [-0.05, 0) is 37.6 Å². The maximum Gasteiger partial charge on any atom is 0.337 e. The summed E-state index contributed by atoms with van der Waals surface area (Å²) in [6, 6.07) is 5.88. The minimum absolute atomic E-state index is 0.257. The molecule has 1 N–H and O–H groups in total. The van der Waals surface area contributed by atoms with Gasteiger partial charge in [-0.25, -0.2) is 13.2 Å². The first-order valence-electron chi connectivity index (χ1n) is 7.14. The summed E-state index contributed by atoms with van der Waals surface area (Å²) >= 11 is 0. The highest BCUT2D eigenvalue weighted by molar-refractivity contribution is 7.88. The molecule has 128 valence electrons. The molecule has 0 spiro atoms. The minimum Gasteiger partial charge on any atom is -0.465 e. The topological polar surface area (TPSA) is 92.8 Å². The molecule has 0 bridgehead atoms. The van der Waals surface area contributed by atoms with Crippen LogP contribution in [0.4, 0.5) is 5.69 Å². The van der Waals surface area contributed by atoms with E-state index < -0.39 is 21.9 Å². The second-order valence-corrected chi connectivity index (χ2v) is 7.12. The molecular formula is C15H22N2O5S. The molecule has 0 saturated heterocycles. The van der Waals surface area contributed by atoms with Gasteiger partial charge < -0.3 is 10.1 Å². The number of sulfonamides is 1. The largest absolute Gasteiger partial charge is 0.465 e. The van der Waals surface area contributed by atoms with Crippen LogP contribution in [0.15, 0.2) is 24.3 Å². The molecule has 0 saturated carbocycles. The van der Waals surface area contributed by atoms with E-state index in [1.165, 1.54) is 19.2 Å². The van der Waals surface area contributed by atoms with Gasteiger partial charge in [0.1, 0.15) is 0 Å². The number of carbonyl (C=O) groups is 2. The van der Waals surface area contributed by atoms with Crippen molar-refractivity contribution in [2.75, 3.05) is 25.2 Å². The van der Waals surface area contributed by atoms with Crippen LogP contribution in [0.25, 0.3) is 0 Å². The molecule has 0 heterocycles. The number of hydrogen-bond acceptors (Lipinski definition) is 5. The van der Waals surface area contributed by atoms with Gasteiger partial charge in [0.25, 0.3) is 0 Å². The first-order valence-corrected chi connectivity index (χ1v) is 8.99. The summed E-state index contributed by atoms with van der Waals surface area (Å²) in [5.41, 5.74) is 0.836. The molecule has 0 radical (unpaired) electrons. The van der Waals surface area contributed by atoms with Crippen LogP contribution < -0.4 is 5.32 Å². The molecule has 0 fully saturated rings. The molecule has 7 nitrogen and oxygen atoms in total. The Morgan fingerprint density at radius 3 is 2.26 bits per heavy atom. The van der Waals surface area contributed by atoms with Gasteiger partial charge >= 0.3 is 5.97 Å². The average Bonchev–Trinajstić information content (AvgIpc) is 2.50. The summed E-state index contributed by atoms with van der Waals surface area (Å²) in [5.74, 6) is -0.913. The van der Waals surface area contributed by atoms with Gasteiger partial charge in [-0.15, -0.1) is 0 Å². The molecule has 1 amide bonds. The Bertz CT molecular complexity index is 655. The van der Waals surface area contributed by atoms with Crippen molar-refractivity contribution in [3.8, 4) is 0 Å². The third kappa shape index (κ3) is 5.65. The van der Waals surface area contributed by atoms with E-state index in [1.807, 2.05) is 6.92 Å². The lowest BCUT2D eigenvalue weighted by Gasteiger charge is -2.25. The summed E-state index contributed by atoms with van der Waals surface area (Å²) < 4.78 is 29.3. The number of carbonyl (C=O) groups excluding carboxylic acids is 2. The number of amides is 1. The molecule has 1 aromatic carbocycles. The number of esters is 1. The van der Waals surface area contributed by atoms with Gasteiger partial charge in [-0.2, -0.15) is 4.31 Å². The van der Waals surface area contributed by atoms with E-state index in [4.69, 9.17) is 0 Å². The van der Waals surface area contributed by atoms with E-state index in [0.717, 1.165) is 10.6 Å². The van der Waals surface area contributed by atoms with Crippen LogP contribution >= 0.6 is 0 Å². The Hall–Kier alpha value is -1.93. The van der Waals surface area contributed by atoms with E-state index in [9.17, 15) is 18.0 Å². The molecule has 23 heavy (non-hydrogen) atoms. The van der Waals surface area contributed by atoms with Crippen molar-refractivity contribution in [3.63, 3.8) is 0 Å². The van der Waals surface area contributed by atoms with Crippen LogP contribution in [0.5, 0.6) is 0 Å². The van der Waals surface area contributed by atoms with Crippen molar-refractivity contribution in [2.45, 2.75) is 26.3 Å². The molecule has 1 aromatic rings. The highest BCUT2D eigenvalue weighted by atomic mass is 32.2. The molecule has 8 heteroatoms. The molecule has 1 rings (SSSR count). The lowest BCUT2D eigenvalue weighted by atomic mass is 10.2. The number of nitrogens with one attached hydrogen (secondary N) is 1. The first kappa shape index (κ1) is 19.1. The molecule has 0 aliphatic rings. The number of methoxy groups -OCH3 is 1. The van der Waals surface area contributed by atoms with Crippen molar-refractivity contribution in [2.24, 2.45) is 0 Å². The standard InChI is InChI=1S/C15H22N2O5S/c1-5-11(2)17(23(4,20)21)10-14(18)16-13-8-6-12(7-9-13)15(19)22-3/h6-9,11H,5,10H2,1-4H3,(H,16,18). The third-order valence-corrected chi connectivity index (χ3v) is 4.74. The van der Waals surface area contributed by atoms with Crippen LogP contribution in [0, 0.1) is 0 Å². The normalized spacial score (nSPS) is 12.7. The van der Waals surface area contributed by atoms with Crippen molar-refractivity contribution < 1.29 is 22.7 Å². The van der Waals surface area contributed by atoms with Crippen molar-refractivity contribution in [1.82, 2.24) is 4.31 Å². The summed E-state index contributed by atoms with van der Waals surface area (Å²) in [5, 5.41) is 2.61. The van der Waals surface area contributed by atoms with Crippen LogP contribution in [-0.4, -0.2) is 50.6 Å².